The monoisotopic (exact) mass is 289 g/mol. The van der Waals surface area contributed by atoms with Crippen LogP contribution in [0.3, 0.4) is 0 Å². The number of nitro groups is 1. The molecule has 0 aliphatic rings. The molecule has 0 saturated heterocycles. The normalized spacial score (nSPS) is 11.9. The van der Waals surface area contributed by atoms with Crippen molar-refractivity contribution in [1.82, 2.24) is 14.9 Å². The van der Waals surface area contributed by atoms with E-state index in [0.717, 1.165) is 0 Å². The van der Waals surface area contributed by atoms with E-state index in [4.69, 9.17) is 5.73 Å². The molecular formula is C13H15N5O3. The second kappa shape index (κ2) is 6.04. The third-order valence-corrected chi connectivity index (χ3v) is 2.91. The SMILES string of the molecule is CC(Cn1ccnc1)NC(=O)c1ccc([N+](=O)[O-])c(N)c1. The van der Waals surface area contributed by atoms with Gasteiger partial charge in [0.15, 0.2) is 0 Å². The van der Waals surface area contributed by atoms with Crippen LogP contribution in [0.2, 0.25) is 0 Å². The Morgan fingerprint density at radius 1 is 1.57 bits per heavy atom. The maximum atomic E-state index is 12.1. The number of aromatic nitrogens is 2. The minimum atomic E-state index is -0.585. The molecule has 0 spiro atoms. The molecule has 1 aromatic carbocycles. The molecule has 0 aliphatic carbocycles. The Morgan fingerprint density at radius 3 is 2.90 bits per heavy atom. The Bertz CT molecular complexity index is 654. The number of nitro benzene ring substituents is 1. The lowest BCUT2D eigenvalue weighted by atomic mass is 10.1. The first-order valence-electron chi connectivity index (χ1n) is 6.28. The lowest BCUT2D eigenvalue weighted by Crippen LogP contribution is -2.35. The average Bonchev–Trinajstić information content (AvgIpc) is 2.90. The lowest BCUT2D eigenvalue weighted by Gasteiger charge is -2.14. The van der Waals surface area contributed by atoms with E-state index >= 15 is 0 Å². The fraction of sp³-hybridized carbons (Fsp3) is 0.231. The van der Waals surface area contributed by atoms with Gasteiger partial charge in [-0.05, 0) is 19.1 Å². The molecule has 0 radical (unpaired) electrons. The molecule has 0 fully saturated rings. The Kier molecular flexibility index (Phi) is 4.17. The number of benzene rings is 1. The summed E-state index contributed by atoms with van der Waals surface area (Å²) in [5, 5.41) is 13.5. The van der Waals surface area contributed by atoms with Crippen molar-refractivity contribution in [3.8, 4) is 0 Å². The van der Waals surface area contributed by atoms with Crippen LogP contribution in [0.25, 0.3) is 0 Å². The van der Waals surface area contributed by atoms with Crippen molar-refractivity contribution in [2.24, 2.45) is 0 Å². The zero-order chi connectivity index (χ0) is 15.4. The molecule has 110 valence electrons. The van der Waals surface area contributed by atoms with Gasteiger partial charge in [0, 0.05) is 36.6 Å². The van der Waals surface area contributed by atoms with Crippen LogP contribution in [0.5, 0.6) is 0 Å². The smallest absolute Gasteiger partial charge is 0.292 e. The summed E-state index contributed by atoms with van der Waals surface area (Å²) in [6.45, 7) is 2.43. The minimum absolute atomic E-state index is 0.0325. The van der Waals surface area contributed by atoms with Gasteiger partial charge >= 0.3 is 0 Å². The van der Waals surface area contributed by atoms with Gasteiger partial charge in [0.1, 0.15) is 5.69 Å². The molecule has 1 atom stereocenters. The van der Waals surface area contributed by atoms with E-state index in [2.05, 4.69) is 10.3 Å². The highest BCUT2D eigenvalue weighted by Gasteiger charge is 2.15. The molecule has 2 aromatic rings. The maximum Gasteiger partial charge on any atom is 0.292 e. The van der Waals surface area contributed by atoms with Gasteiger partial charge in [0.25, 0.3) is 11.6 Å². The minimum Gasteiger partial charge on any atom is -0.393 e. The van der Waals surface area contributed by atoms with Crippen LogP contribution < -0.4 is 11.1 Å². The Balaban J connectivity index is 2.03. The van der Waals surface area contributed by atoms with Gasteiger partial charge in [-0.25, -0.2) is 4.98 Å². The number of amides is 1. The quantitative estimate of drug-likeness (QED) is 0.487. The molecule has 1 heterocycles. The molecule has 3 N–H and O–H groups in total. The third-order valence-electron chi connectivity index (χ3n) is 2.91. The summed E-state index contributed by atoms with van der Waals surface area (Å²) in [5.74, 6) is -0.329. The number of hydrogen-bond acceptors (Lipinski definition) is 5. The first-order chi connectivity index (χ1) is 9.97. The number of imidazole rings is 1. The van der Waals surface area contributed by atoms with Crippen LogP contribution in [0.15, 0.2) is 36.9 Å². The van der Waals surface area contributed by atoms with Crippen molar-refractivity contribution < 1.29 is 9.72 Å². The van der Waals surface area contributed by atoms with E-state index in [1.807, 2.05) is 11.5 Å². The van der Waals surface area contributed by atoms with Crippen molar-refractivity contribution in [2.75, 3.05) is 5.73 Å². The molecule has 0 bridgehead atoms. The highest BCUT2D eigenvalue weighted by Crippen LogP contribution is 2.21. The molecule has 1 unspecified atom stereocenters. The van der Waals surface area contributed by atoms with E-state index in [-0.39, 0.29) is 28.9 Å². The number of nitrogens with zero attached hydrogens (tertiary/aromatic N) is 3. The molecule has 0 saturated carbocycles. The molecule has 0 aliphatic heterocycles. The van der Waals surface area contributed by atoms with Crippen molar-refractivity contribution in [2.45, 2.75) is 19.5 Å². The Hall–Kier alpha value is -2.90. The summed E-state index contributed by atoms with van der Waals surface area (Å²) < 4.78 is 1.84. The number of nitrogen functional groups attached to an aromatic ring is 1. The van der Waals surface area contributed by atoms with Gasteiger partial charge in [0.05, 0.1) is 11.3 Å². The Morgan fingerprint density at radius 2 is 2.33 bits per heavy atom. The summed E-state index contributed by atoms with van der Waals surface area (Å²) in [4.78, 5) is 26.1. The number of nitrogens with one attached hydrogen (secondary N) is 1. The molecule has 8 nitrogen and oxygen atoms in total. The Labute approximate surface area is 120 Å². The first kappa shape index (κ1) is 14.5. The zero-order valence-electron chi connectivity index (χ0n) is 11.4. The standard InChI is InChI=1S/C13H15N5O3/c1-9(7-17-5-4-15-8-17)16-13(19)10-2-3-12(18(20)21)11(14)6-10/h2-6,8-9H,7,14H2,1H3,(H,16,19). The van der Waals surface area contributed by atoms with E-state index in [9.17, 15) is 14.9 Å². The van der Waals surface area contributed by atoms with Crippen LogP contribution in [0.1, 0.15) is 17.3 Å². The predicted molar refractivity (Wildman–Crippen MR) is 76.7 cm³/mol. The highest BCUT2D eigenvalue weighted by atomic mass is 16.6. The van der Waals surface area contributed by atoms with Crippen molar-refractivity contribution in [3.63, 3.8) is 0 Å². The van der Waals surface area contributed by atoms with E-state index in [1.54, 1.807) is 18.7 Å². The number of carbonyl (C=O) groups excluding carboxylic acids is 1. The summed E-state index contributed by atoms with van der Waals surface area (Å²) in [5.41, 5.74) is 5.61. The van der Waals surface area contributed by atoms with Crippen LogP contribution >= 0.6 is 0 Å². The summed E-state index contributed by atoms with van der Waals surface area (Å²) in [6.07, 6.45) is 5.12. The zero-order valence-corrected chi connectivity index (χ0v) is 11.4. The molecule has 2 rings (SSSR count). The summed E-state index contributed by atoms with van der Waals surface area (Å²) >= 11 is 0. The third kappa shape index (κ3) is 3.56. The number of rotatable bonds is 5. The summed E-state index contributed by atoms with van der Waals surface area (Å²) in [6, 6.07) is 3.79. The molecule has 21 heavy (non-hydrogen) atoms. The largest absolute Gasteiger partial charge is 0.393 e. The summed E-state index contributed by atoms with van der Waals surface area (Å²) in [7, 11) is 0. The first-order valence-corrected chi connectivity index (χ1v) is 6.28. The number of carbonyl (C=O) groups is 1. The molecule has 8 heteroatoms. The van der Waals surface area contributed by atoms with Gasteiger partial charge in [-0.2, -0.15) is 0 Å². The van der Waals surface area contributed by atoms with Crippen molar-refractivity contribution in [3.05, 3.63) is 52.6 Å². The number of hydrogen-bond donors (Lipinski definition) is 2. The van der Waals surface area contributed by atoms with E-state index in [1.165, 1.54) is 18.2 Å². The van der Waals surface area contributed by atoms with Gasteiger partial charge < -0.3 is 15.6 Å². The molecule has 1 aromatic heterocycles. The fourth-order valence-electron chi connectivity index (χ4n) is 1.93. The second-order valence-corrected chi connectivity index (χ2v) is 4.66. The lowest BCUT2D eigenvalue weighted by molar-refractivity contribution is -0.383. The number of anilines is 1. The van der Waals surface area contributed by atoms with Gasteiger partial charge in [-0.1, -0.05) is 0 Å². The highest BCUT2D eigenvalue weighted by molar-refractivity contribution is 5.95. The van der Waals surface area contributed by atoms with Gasteiger partial charge in [-0.15, -0.1) is 0 Å². The van der Waals surface area contributed by atoms with Crippen molar-refractivity contribution >= 4 is 17.3 Å². The average molecular weight is 289 g/mol. The van der Waals surface area contributed by atoms with Crippen LogP contribution in [0.4, 0.5) is 11.4 Å². The van der Waals surface area contributed by atoms with Crippen LogP contribution in [-0.4, -0.2) is 26.4 Å². The van der Waals surface area contributed by atoms with Crippen LogP contribution in [0, 0.1) is 10.1 Å². The van der Waals surface area contributed by atoms with Gasteiger partial charge in [-0.3, -0.25) is 14.9 Å². The fourth-order valence-corrected chi connectivity index (χ4v) is 1.93. The maximum absolute atomic E-state index is 12.1. The molecule has 1 amide bonds. The second-order valence-electron chi connectivity index (χ2n) is 4.66. The van der Waals surface area contributed by atoms with Gasteiger partial charge in [0.2, 0.25) is 0 Å². The predicted octanol–water partition coefficient (Wildman–Crippen LogP) is 1.19. The topological polar surface area (TPSA) is 116 Å². The van der Waals surface area contributed by atoms with Crippen LogP contribution in [-0.2, 0) is 6.54 Å². The van der Waals surface area contributed by atoms with E-state index < -0.39 is 4.92 Å². The van der Waals surface area contributed by atoms with E-state index in [0.29, 0.717) is 6.54 Å². The van der Waals surface area contributed by atoms with Crippen molar-refractivity contribution in [1.29, 1.82) is 0 Å². The molecular weight excluding hydrogens is 274 g/mol. The number of nitrogens with two attached hydrogens (primary N) is 1.